The Kier molecular flexibility index (Phi) is 6.12. The van der Waals surface area contributed by atoms with Crippen molar-refractivity contribution < 1.29 is 14.3 Å². The summed E-state index contributed by atoms with van der Waals surface area (Å²) in [6, 6.07) is 11.3. The molecule has 0 saturated heterocycles. The summed E-state index contributed by atoms with van der Waals surface area (Å²) in [7, 11) is 0. The highest BCUT2D eigenvalue weighted by atomic mass is 16.5. The predicted octanol–water partition coefficient (Wildman–Crippen LogP) is 5.04. The summed E-state index contributed by atoms with van der Waals surface area (Å²) < 4.78 is 4.98. The fourth-order valence-electron chi connectivity index (χ4n) is 4.35. The van der Waals surface area contributed by atoms with E-state index < -0.39 is 5.97 Å². The molecule has 2 heterocycles. The molecule has 1 unspecified atom stereocenters. The van der Waals surface area contributed by atoms with E-state index in [4.69, 9.17) is 4.74 Å². The number of para-hydroxylation sites is 1. The molecule has 1 amide bonds. The van der Waals surface area contributed by atoms with Gasteiger partial charge in [0.1, 0.15) is 5.82 Å². The van der Waals surface area contributed by atoms with Crippen LogP contribution in [-0.4, -0.2) is 28.5 Å². The highest BCUT2D eigenvalue weighted by molar-refractivity contribution is 5.99. The van der Waals surface area contributed by atoms with Gasteiger partial charge in [-0.2, -0.15) is 0 Å². The minimum atomic E-state index is -0.416. The van der Waals surface area contributed by atoms with Crippen LogP contribution in [0.1, 0.15) is 60.9 Å². The number of pyridine rings is 1. The molecule has 6 nitrogen and oxygen atoms in total. The number of amides is 1. The second-order valence-electron chi connectivity index (χ2n) is 7.87. The number of hydrogen-bond acceptors (Lipinski definition) is 4. The number of aromatic nitrogens is 2. The van der Waals surface area contributed by atoms with Crippen molar-refractivity contribution in [3.05, 3.63) is 59.9 Å². The van der Waals surface area contributed by atoms with E-state index in [1.165, 1.54) is 31.9 Å². The molecule has 0 bridgehead atoms. The quantitative estimate of drug-likeness (QED) is 0.539. The number of hydrogen-bond donors (Lipinski definition) is 2. The second kappa shape index (κ2) is 9.11. The molecular weight excluding hydrogens is 378 g/mol. The van der Waals surface area contributed by atoms with E-state index in [1.807, 2.05) is 24.4 Å². The molecule has 1 aliphatic rings. The molecule has 2 N–H and O–H groups in total. The number of carbonyl (C=O) groups excluding carboxylic acids is 2. The average Bonchev–Trinajstić information content (AvgIpc) is 3.42. The number of nitrogens with one attached hydrogen (secondary N) is 2. The van der Waals surface area contributed by atoms with E-state index in [0.717, 1.165) is 22.9 Å². The first-order valence-corrected chi connectivity index (χ1v) is 10.7. The Morgan fingerprint density at radius 1 is 1.20 bits per heavy atom. The molecule has 1 saturated carbocycles. The molecule has 1 atom stereocenters. The molecule has 1 fully saturated rings. The van der Waals surface area contributed by atoms with Gasteiger partial charge in [0.15, 0.2) is 0 Å². The van der Waals surface area contributed by atoms with E-state index >= 15 is 0 Å². The normalized spacial score (nSPS) is 15.2. The number of esters is 1. The van der Waals surface area contributed by atoms with Crippen molar-refractivity contribution in [2.45, 2.75) is 44.9 Å². The van der Waals surface area contributed by atoms with Gasteiger partial charge in [0, 0.05) is 23.3 Å². The fourth-order valence-corrected chi connectivity index (χ4v) is 4.35. The zero-order valence-corrected chi connectivity index (χ0v) is 17.2. The standard InChI is InChI=1S/C24H27N3O3/c1-2-30-24(29)17-11-12-22(26-14-17)27-23(28)19(13-16-7-3-4-8-16)20-15-25-21-10-6-5-9-18(20)21/h5-6,9-12,14-16,19,25H,2-4,7-8,13H2,1H3,(H,26,27,28). The lowest BCUT2D eigenvalue weighted by Gasteiger charge is -2.20. The molecule has 1 aliphatic carbocycles. The second-order valence-corrected chi connectivity index (χ2v) is 7.87. The Hall–Kier alpha value is -3.15. The summed E-state index contributed by atoms with van der Waals surface area (Å²) in [5.41, 5.74) is 2.43. The third-order valence-electron chi connectivity index (χ3n) is 5.88. The largest absolute Gasteiger partial charge is 0.462 e. The smallest absolute Gasteiger partial charge is 0.339 e. The van der Waals surface area contributed by atoms with Gasteiger partial charge in [0.25, 0.3) is 0 Å². The van der Waals surface area contributed by atoms with E-state index in [2.05, 4.69) is 21.4 Å². The Bertz CT molecular complexity index is 1020. The molecule has 2 aromatic heterocycles. The third kappa shape index (κ3) is 4.37. The van der Waals surface area contributed by atoms with E-state index in [9.17, 15) is 9.59 Å². The summed E-state index contributed by atoms with van der Waals surface area (Å²) in [4.78, 5) is 32.7. The minimum Gasteiger partial charge on any atom is -0.462 e. The van der Waals surface area contributed by atoms with Gasteiger partial charge in [0.2, 0.25) is 5.91 Å². The van der Waals surface area contributed by atoms with Crippen molar-refractivity contribution in [2.75, 3.05) is 11.9 Å². The van der Waals surface area contributed by atoms with Crippen LogP contribution < -0.4 is 5.32 Å². The highest BCUT2D eigenvalue weighted by Crippen LogP contribution is 2.37. The topological polar surface area (TPSA) is 84.1 Å². The van der Waals surface area contributed by atoms with Crippen LogP contribution in [-0.2, 0) is 9.53 Å². The number of H-pyrrole nitrogens is 1. The van der Waals surface area contributed by atoms with Crippen LogP contribution >= 0.6 is 0 Å². The first-order valence-electron chi connectivity index (χ1n) is 10.7. The summed E-state index contributed by atoms with van der Waals surface area (Å²) in [6.45, 7) is 2.07. The van der Waals surface area contributed by atoms with Crippen LogP contribution in [0.3, 0.4) is 0 Å². The Balaban J connectivity index is 1.55. The maximum Gasteiger partial charge on any atom is 0.339 e. The summed E-state index contributed by atoms with van der Waals surface area (Å²) in [5.74, 6) is 0.262. The van der Waals surface area contributed by atoms with Gasteiger partial charge < -0.3 is 15.0 Å². The molecule has 156 valence electrons. The molecule has 4 rings (SSSR count). The zero-order chi connectivity index (χ0) is 20.9. The lowest BCUT2D eigenvalue weighted by Crippen LogP contribution is -2.23. The van der Waals surface area contributed by atoms with Crippen molar-refractivity contribution in [1.82, 2.24) is 9.97 Å². The molecule has 30 heavy (non-hydrogen) atoms. The molecule has 3 aromatic rings. The zero-order valence-electron chi connectivity index (χ0n) is 17.2. The number of benzene rings is 1. The molecular formula is C24H27N3O3. The number of rotatable bonds is 7. The number of ether oxygens (including phenoxy) is 1. The van der Waals surface area contributed by atoms with E-state index in [0.29, 0.717) is 23.9 Å². The summed E-state index contributed by atoms with van der Waals surface area (Å²) in [5, 5.41) is 4.04. The van der Waals surface area contributed by atoms with Crippen LogP contribution in [0.2, 0.25) is 0 Å². The average molecular weight is 405 g/mol. The van der Waals surface area contributed by atoms with Gasteiger partial charge in [0.05, 0.1) is 18.1 Å². The van der Waals surface area contributed by atoms with Gasteiger partial charge in [-0.05, 0) is 43.0 Å². The lowest BCUT2D eigenvalue weighted by atomic mass is 9.87. The van der Waals surface area contributed by atoms with Crippen molar-refractivity contribution in [3.8, 4) is 0 Å². The number of fused-ring (bicyclic) bond motifs is 1. The van der Waals surface area contributed by atoms with Crippen molar-refractivity contribution in [3.63, 3.8) is 0 Å². The molecule has 6 heteroatoms. The van der Waals surface area contributed by atoms with Crippen LogP contribution in [0, 0.1) is 5.92 Å². The van der Waals surface area contributed by atoms with Gasteiger partial charge in [-0.25, -0.2) is 9.78 Å². The molecule has 0 radical (unpaired) electrons. The number of aromatic amines is 1. The minimum absolute atomic E-state index is 0.0666. The van der Waals surface area contributed by atoms with Crippen LogP contribution in [0.4, 0.5) is 5.82 Å². The van der Waals surface area contributed by atoms with Gasteiger partial charge in [-0.3, -0.25) is 4.79 Å². The number of nitrogens with zero attached hydrogens (tertiary/aromatic N) is 1. The maximum absolute atomic E-state index is 13.3. The third-order valence-corrected chi connectivity index (χ3v) is 5.88. The van der Waals surface area contributed by atoms with Crippen LogP contribution in [0.25, 0.3) is 10.9 Å². The summed E-state index contributed by atoms with van der Waals surface area (Å²) >= 11 is 0. The maximum atomic E-state index is 13.3. The Labute approximate surface area is 176 Å². The highest BCUT2D eigenvalue weighted by Gasteiger charge is 2.28. The number of carbonyl (C=O) groups is 2. The molecule has 1 aromatic carbocycles. The molecule has 0 spiro atoms. The van der Waals surface area contributed by atoms with Crippen LogP contribution in [0.5, 0.6) is 0 Å². The van der Waals surface area contributed by atoms with Crippen molar-refractivity contribution in [1.29, 1.82) is 0 Å². The van der Waals surface area contributed by atoms with Gasteiger partial charge in [-0.1, -0.05) is 43.9 Å². The first-order chi connectivity index (χ1) is 14.7. The van der Waals surface area contributed by atoms with E-state index in [-0.39, 0.29) is 11.8 Å². The molecule has 0 aliphatic heterocycles. The first kappa shape index (κ1) is 20.1. The summed E-state index contributed by atoms with van der Waals surface area (Å²) in [6.07, 6.45) is 9.06. The van der Waals surface area contributed by atoms with Crippen molar-refractivity contribution in [2.24, 2.45) is 5.92 Å². The van der Waals surface area contributed by atoms with E-state index in [1.54, 1.807) is 19.1 Å². The Morgan fingerprint density at radius 3 is 2.73 bits per heavy atom. The SMILES string of the molecule is CCOC(=O)c1ccc(NC(=O)C(CC2CCCC2)c2c[nH]c3ccccc23)nc1. The predicted molar refractivity (Wildman–Crippen MR) is 116 cm³/mol. The Morgan fingerprint density at radius 2 is 2.00 bits per heavy atom. The van der Waals surface area contributed by atoms with Crippen molar-refractivity contribution >= 4 is 28.6 Å². The fraction of sp³-hybridized carbons (Fsp3) is 0.375. The monoisotopic (exact) mass is 405 g/mol. The lowest BCUT2D eigenvalue weighted by molar-refractivity contribution is -0.118. The number of anilines is 1. The van der Waals surface area contributed by atoms with Crippen LogP contribution in [0.15, 0.2) is 48.8 Å². The van der Waals surface area contributed by atoms with Gasteiger partial charge >= 0.3 is 5.97 Å². The van der Waals surface area contributed by atoms with Gasteiger partial charge in [-0.15, -0.1) is 0 Å².